The minimum Gasteiger partial charge on any atom is -0.296 e. The number of carbonyl (C=O) groups is 1. The Morgan fingerprint density at radius 1 is 1.38 bits per heavy atom. The van der Waals surface area contributed by atoms with Crippen molar-refractivity contribution in [3.8, 4) is 0 Å². The fourth-order valence-electron chi connectivity index (χ4n) is 3.71. The first-order chi connectivity index (χ1) is 12.6. The maximum absolute atomic E-state index is 11.1. The molecule has 1 unspecified atom stereocenters. The molecule has 1 saturated heterocycles. The molecule has 2 heterocycles. The summed E-state index contributed by atoms with van der Waals surface area (Å²) in [5, 5.41) is 15.9. The molecule has 1 aromatic carbocycles. The number of aromatic nitrogens is 2. The smallest absolute Gasteiger partial charge is 0.267 e. The number of nitrogens with zero attached hydrogens (tertiary/aromatic N) is 2. The number of aryl methyl sites for hydroxylation is 2. The van der Waals surface area contributed by atoms with Gasteiger partial charge in [-0.1, -0.05) is 24.3 Å². The van der Waals surface area contributed by atoms with Gasteiger partial charge in [-0.25, -0.2) is 5.48 Å². The van der Waals surface area contributed by atoms with Crippen molar-refractivity contribution in [3.63, 3.8) is 0 Å². The predicted octanol–water partition coefficient (Wildman–Crippen LogP) is 2.92. The average molecular weight is 354 g/mol. The number of rotatable bonds is 6. The maximum atomic E-state index is 11.1. The molecule has 0 radical (unpaired) electrons. The second-order valence-corrected chi connectivity index (χ2v) is 6.83. The third-order valence-electron chi connectivity index (χ3n) is 5.15. The van der Waals surface area contributed by atoms with E-state index in [1.54, 1.807) is 11.6 Å². The average Bonchev–Trinajstić information content (AvgIpc) is 3.25. The number of aromatic amines is 1. The lowest BCUT2D eigenvalue weighted by Crippen LogP contribution is -2.26. The Labute approximate surface area is 153 Å². The Balaban J connectivity index is 1.64. The molecule has 6 nitrogen and oxygen atoms in total. The van der Waals surface area contributed by atoms with Crippen LogP contribution in [0.2, 0.25) is 0 Å². The molecule has 1 aliphatic rings. The quantitative estimate of drug-likeness (QED) is 0.423. The van der Waals surface area contributed by atoms with Gasteiger partial charge in [0.25, 0.3) is 5.91 Å². The number of hydrogen-bond acceptors (Lipinski definition) is 4. The summed E-state index contributed by atoms with van der Waals surface area (Å²) in [6.45, 7) is 6.30. The monoisotopic (exact) mass is 354 g/mol. The molecule has 2 aromatic rings. The van der Waals surface area contributed by atoms with E-state index in [0.29, 0.717) is 6.04 Å². The number of hydroxylamine groups is 1. The molecular formula is C20H26N4O2. The molecule has 1 fully saturated rings. The minimum atomic E-state index is -0.527. The fourth-order valence-corrected chi connectivity index (χ4v) is 3.71. The molecule has 1 amide bonds. The van der Waals surface area contributed by atoms with Crippen molar-refractivity contribution in [1.82, 2.24) is 20.6 Å². The van der Waals surface area contributed by atoms with Crippen molar-refractivity contribution < 1.29 is 10.0 Å². The summed E-state index contributed by atoms with van der Waals surface area (Å²) in [5.74, 6) is -0.527. The Morgan fingerprint density at radius 2 is 2.15 bits per heavy atom. The van der Waals surface area contributed by atoms with Gasteiger partial charge in [0.1, 0.15) is 0 Å². The highest BCUT2D eigenvalue weighted by Gasteiger charge is 2.25. The molecule has 0 spiro atoms. The molecule has 0 saturated carbocycles. The van der Waals surface area contributed by atoms with E-state index in [2.05, 4.69) is 41.1 Å². The second-order valence-electron chi connectivity index (χ2n) is 6.83. The normalized spacial score (nSPS) is 17.9. The zero-order chi connectivity index (χ0) is 18.5. The Bertz CT molecular complexity index is 760. The number of hydrogen-bond donors (Lipinski definition) is 3. The van der Waals surface area contributed by atoms with E-state index in [1.807, 2.05) is 12.1 Å². The van der Waals surface area contributed by atoms with Crippen molar-refractivity contribution in [2.24, 2.45) is 0 Å². The van der Waals surface area contributed by atoms with Crippen LogP contribution in [0.25, 0.3) is 6.08 Å². The number of nitrogens with one attached hydrogen (secondary N) is 2. The molecule has 3 rings (SSSR count). The van der Waals surface area contributed by atoms with Crippen LogP contribution in [0.4, 0.5) is 0 Å². The van der Waals surface area contributed by atoms with E-state index in [0.717, 1.165) is 30.8 Å². The van der Waals surface area contributed by atoms with Crippen molar-refractivity contribution in [2.45, 2.75) is 39.2 Å². The standard InChI is InChI=1S/C20H26N4O2/c1-14-18(15(2)22-21-14)11-13-24-12-3-4-19(24)17-8-5-16(6-9-17)7-10-20(25)23-26/h5-10,19,26H,3-4,11-13H2,1-2H3,(H,21,22)(H,23,25)/b10-7+. The van der Waals surface area contributed by atoms with Gasteiger partial charge in [0, 0.05) is 24.4 Å². The highest BCUT2D eigenvalue weighted by Crippen LogP contribution is 2.32. The third-order valence-corrected chi connectivity index (χ3v) is 5.15. The number of carbonyl (C=O) groups excluding carboxylic acids is 1. The molecule has 6 heteroatoms. The molecule has 138 valence electrons. The summed E-state index contributed by atoms with van der Waals surface area (Å²) < 4.78 is 0. The second kappa shape index (κ2) is 8.29. The van der Waals surface area contributed by atoms with Crippen LogP contribution in [0.15, 0.2) is 30.3 Å². The topological polar surface area (TPSA) is 81.2 Å². The summed E-state index contributed by atoms with van der Waals surface area (Å²) in [4.78, 5) is 13.6. The van der Waals surface area contributed by atoms with Crippen LogP contribution in [0.5, 0.6) is 0 Å². The van der Waals surface area contributed by atoms with E-state index in [1.165, 1.54) is 35.7 Å². The lowest BCUT2D eigenvalue weighted by atomic mass is 10.0. The van der Waals surface area contributed by atoms with Crippen molar-refractivity contribution >= 4 is 12.0 Å². The van der Waals surface area contributed by atoms with Crippen LogP contribution >= 0.6 is 0 Å². The van der Waals surface area contributed by atoms with Crippen LogP contribution in [0.3, 0.4) is 0 Å². The van der Waals surface area contributed by atoms with Gasteiger partial charge >= 0.3 is 0 Å². The first-order valence-corrected chi connectivity index (χ1v) is 9.05. The Morgan fingerprint density at radius 3 is 2.81 bits per heavy atom. The van der Waals surface area contributed by atoms with Crippen LogP contribution < -0.4 is 5.48 Å². The molecular weight excluding hydrogens is 328 g/mol. The lowest BCUT2D eigenvalue weighted by Gasteiger charge is -2.25. The number of likely N-dealkylation sites (tertiary alicyclic amines) is 1. The first-order valence-electron chi connectivity index (χ1n) is 9.05. The fraction of sp³-hybridized carbons (Fsp3) is 0.400. The van der Waals surface area contributed by atoms with Gasteiger partial charge in [0.05, 0.1) is 5.69 Å². The maximum Gasteiger partial charge on any atom is 0.267 e. The number of benzene rings is 1. The molecule has 26 heavy (non-hydrogen) atoms. The highest BCUT2D eigenvalue weighted by molar-refractivity contribution is 5.90. The van der Waals surface area contributed by atoms with Gasteiger partial charge in [0.2, 0.25) is 0 Å². The minimum absolute atomic E-state index is 0.446. The molecule has 1 aromatic heterocycles. The summed E-state index contributed by atoms with van der Waals surface area (Å²) in [5.41, 5.74) is 7.44. The number of H-pyrrole nitrogens is 1. The third kappa shape index (κ3) is 4.20. The van der Waals surface area contributed by atoms with Crippen LogP contribution in [-0.2, 0) is 11.2 Å². The SMILES string of the molecule is Cc1n[nH]c(C)c1CCN1CCCC1c1ccc(/C=C/C(=O)NO)cc1. The van der Waals surface area contributed by atoms with Gasteiger partial charge in [0.15, 0.2) is 0 Å². The van der Waals surface area contributed by atoms with Crippen molar-refractivity contribution in [3.05, 3.63) is 58.4 Å². The summed E-state index contributed by atoms with van der Waals surface area (Å²) in [6, 6.07) is 8.73. The molecule has 1 aliphatic heterocycles. The largest absolute Gasteiger partial charge is 0.296 e. The van der Waals surface area contributed by atoms with Crippen molar-refractivity contribution in [1.29, 1.82) is 0 Å². The van der Waals surface area contributed by atoms with Crippen LogP contribution in [0, 0.1) is 13.8 Å². The van der Waals surface area contributed by atoms with E-state index >= 15 is 0 Å². The van der Waals surface area contributed by atoms with E-state index in [-0.39, 0.29) is 0 Å². The van der Waals surface area contributed by atoms with Gasteiger partial charge in [-0.15, -0.1) is 0 Å². The first kappa shape index (κ1) is 18.4. The van der Waals surface area contributed by atoms with Gasteiger partial charge in [-0.3, -0.25) is 20.0 Å². The molecule has 0 bridgehead atoms. The zero-order valence-electron chi connectivity index (χ0n) is 15.3. The summed E-state index contributed by atoms with van der Waals surface area (Å²) in [7, 11) is 0. The van der Waals surface area contributed by atoms with E-state index in [9.17, 15) is 4.79 Å². The zero-order valence-corrected chi connectivity index (χ0v) is 15.3. The highest BCUT2D eigenvalue weighted by atomic mass is 16.5. The molecule has 3 N–H and O–H groups in total. The predicted molar refractivity (Wildman–Crippen MR) is 101 cm³/mol. The molecule has 1 atom stereocenters. The van der Waals surface area contributed by atoms with Gasteiger partial charge in [-0.05, 0) is 62.4 Å². The van der Waals surface area contributed by atoms with Gasteiger partial charge in [-0.2, -0.15) is 5.10 Å². The van der Waals surface area contributed by atoms with E-state index < -0.39 is 5.91 Å². The van der Waals surface area contributed by atoms with Crippen LogP contribution in [0.1, 0.15) is 47.0 Å². The van der Waals surface area contributed by atoms with Gasteiger partial charge < -0.3 is 0 Å². The van der Waals surface area contributed by atoms with Crippen molar-refractivity contribution in [2.75, 3.05) is 13.1 Å². The van der Waals surface area contributed by atoms with Crippen LogP contribution in [-0.4, -0.2) is 39.3 Å². The Kier molecular flexibility index (Phi) is 5.85. The Hall–Kier alpha value is -2.44. The van der Waals surface area contributed by atoms with E-state index in [4.69, 9.17) is 5.21 Å². The summed E-state index contributed by atoms with van der Waals surface area (Å²) >= 11 is 0. The summed E-state index contributed by atoms with van der Waals surface area (Å²) in [6.07, 6.45) is 6.40. The molecule has 0 aliphatic carbocycles. The lowest BCUT2D eigenvalue weighted by molar-refractivity contribution is -0.124. The number of amides is 1.